The highest BCUT2D eigenvalue weighted by Crippen LogP contribution is 2.14. The van der Waals surface area contributed by atoms with Crippen molar-refractivity contribution in [2.24, 2.45) is 4.99 Å². The number of nitrogens with zero attached hydrogens (tertiary/aromatic N) is 2. The van der Waals surface area contributed by atoms with Crippen molar-refractivity contribution < 1.29 is 12.8 Å². The molecule has 0 spiro atoms. The number of unbranched alkanes of at least 4 members (excludes halogenated alkanes) is 1. The van der Waals surface area contributed by atoms with Crippen LogP contribution in [0.25, 0.3) is 0 Å². The van der Waals surface area contributed by atoms with Crippen LogP contribution in [0.1, 0.15) is 24.0 Å². The number of hydrogen-bond donors (Lipinski definition) is 2. The number of aliphatic imine (C=N–C) groups is 1. The molecule has 9 heteroatoms. The van der Waals surface area contributed by atoms with Gasteiger partial charge in [-0.2, -0.15) is 0 Å². The maximum absolute atomic E-state index is 13.6. The van der Waals surface area contributed by atoms with Crippen molar-refractivity contribution in [3.8, 4) is 0 Å². The number of para-hydroxylation sites is 1. The largest absolute Gasteiger partial charge is 0.375 e. The number of rotatable bonds is 10. The zero-order valence-electron chi connectivity index (χ0n) is 18.3. The summed E-state index contributed by atoms with van der Waals surface area (Å²) in [5, 5.41) is 6.38. The molecule has 0 radical (unpaired) electrons. The minimum Gasteiger partial charge on any atom is -0.375 e. The van der Waals surface area contributed by atoms with Crippen LogP contribution < -0.4 is 15.5 Å². The second-order valence-electron chi connectivity index (χ2n) is 7.30. The summed E-state index contributed by atoms with van der Waals surface area (Å²) in [4.78, 5) is 6.40. The van der Waals surface area contributed by atoms with Crippen LogP contribution >= 0.6 is 24.0 Å². The minimum atomic E-state index is -3.20. The second-order valence-corrected chi connectivity index (χ2v) is 9.44. The predicted molar refractivity (Wildman–Crippen MR) is 138 cm³/mol. The monoisotopic (exact) mass is 562 g/mol. The molecule has 0 fully saturated rings. The van der Waals surface area contributed by atoms with Gasteiger partial charge in [-0.1, -0.05) is 24.3 Å². The van der Waals surface area contributed by atoms with Crippen LogP contribution in [0, 0.1) is 5.82 Å². The Kier molecular flexibility index (Phi) is 11.8. The molecule has 0 heterocycles. The standard InChI is InChI=1S/C22H31FN4O2S.HI/c1-24-22(25-13-7-8-14-27(2)21-9-5-4-6-10-21)26-16-19-15-20(23)12-11-18(19)17-30(3,28)29;/h4-6,9-12,15H,7-8,13-14,16-17H2,1-3H3,(H2,24,25,26);1H. The molecule has 0 unspecified atom stereocenters. The van der Waals surface area contributed by atoms with Crippen LogP contribution in [0.5, 0.6) is 0 Å². The van der Waals surface area contributed by atoms with E-state index in [0.717, 1.165) is 25.9 Å². The summed E-state index contributed by atoms with van der Waals surface area (Å²) in [6.45, 7) is 2.00. The van der Waals surface area contributed by atoms with Crippen LogP contribution in [0.2, 0.25) is 0 Å². The highest BCUT2D eigenvalue weighted by atomic mass is 127. The van der Waals surface area contributed by atoms with Crippen LogP contribution in [-0.2, 0) is 22.1 Å². The Balaban J connectivity index is 0.00000480. The third kappa shape index (κ3) is 10.3. The van der Waals surface area contributed by atoms with Crippen molar-refractivity contribution in [3.05, 3.63) is 65.5 Å². The summed E-state index contributed by atoms with van der Waals surface area (Å²) < 4.78 is 36.9. The van der Waals surface area contributed by atoms with E-state index in [9.17, 15) is 12.8 Å². The zero-order chi connectivity index (χ0) is 22.0. The van der Waals surface area contributed by atoms with Crippen LogP contribution in [0.15, 0.2) is 53.5 Å². The third-order valence-electron chi connectivity index (χ3n) is 4.67. The third-order valence-corrected chi connectivity index (χ3v) is 5.50. The molecule has 0 amide bonds. The fourth-order valence-electron chi connectivity index (χ4n) is 3.07. The molecule has 0 saturated heterocycles. The average Bonchev–Trinajstić information content (AvgIpc) is 2.71. The lowest BCUT2D eigenvalue weighted by Gasteiger charge is -2.19. The van der Waals surface area contributed by atoms with Gasteiger partial charge in [0.1, 0.15) is 5.82 Å². The molecule has 0 atom stereocenters. The van der Waals surface area contributed by atoms with E-state index in [-0.39, 0.29) is 29.7 Å². The van der Waals surface area contributed by atoms with Gasteiger partial charge >= 0.3 is 0 Å². The first-order valence-corrected chi connectivity index (χ1v) is 12.0. The van der Waals surface area contributed by atoms with Crippen molar-refractivity contribution in [2.75, 3.05) is 38.3 Å². The Morgan fingerprint density at radius 1 is 1.06 bits per heavy atom. The lowest BCUT2D eigenvalue weighted by Crippen LogP contribution is -2.37. The number of guanidine groups is 1. The second kappa shape index (κ2) is 13.5. The van der Waals surface area contributed by atoms with Crippen LogP contribution in [0.4, 0.5) is 10.1 Å². The quantitative estimate of drug-likeness (QED) is 0.201. The van der Waals surface area contributed by atoms with E-state index in [1.54, 1.807) is 7.05 Å². The molecule has 0 aliphatic carbocycles. The van der Waals surface area contributed by atoms with E-state index >= 15 is 0 Å². The number of nitrogens with one attached hydrogen (secondary N) is 2. The van der Waals surface area contributed by atoms with Gasteiger partial charge in [-0.25, -0.2) is 12.8 Å². The molecule has 6 nitrogen and oxygen atoms in total. The highest BCUT2D eigenvalue weighted by molar-refractivity contribution is 14.0. The van der Waals surface area contributed by atoms with Gasteiger partial charge in [0.15, 0.2) is 15.8 Å². The molecule has 0 aliphatic heterocycles. The Bertz CT molecular complexity index is 940. The first-order chi connectivity index (χ1) is 14.3. The Labute approximate surface area is 202 Å². The topological polar surface area (TPSA) is 73.8 Å². The molecule has 0 aliphatic rings. The normalized spacial score (nSPS) is 11.5. The smallest absolute Gasteiger partial charge is 0.191 e. The van der Waals surface area contributed by atoms with Crippen LogP contribution in [0.3, 0.4) is 0 Å². The van der Waals surface area contributed by atoms with Crippen molar-refractivity contribution in [1.82, 2.24) is 10.6 Å². The van der Waals surface area contributed by atoms with E-state index < -0.39 is 15.7 Å². The summed E-state index contributed by atoms with van der Waals surface area (Å²) in [6.07, 6.45) is 3.16. The van der Waals surface area contributed by atoms with Gasteiger partial charge in [-0.05, 0) is 48.2 Å². The molecular weight excluding hydrogens is 530 g/mol. The summed E-state index contributed by atoms with van der Waals surface area (Å²) >= 11 is 0. The maximum Gasteiger partial charge on any atom is 0.191 e. The number of hydrogen-bond acceptors (Lipinski definition) is 4. The van der Waals surface area contributed by atoms with E-state index in [1.165, 1.54) is 30.1 Å². The fourth-order valence-corrected chi connectivity index (χ4v) is 3.92. The van der Waals surface area contributed by atoms with Gasteiger partial charge in [-0.3, -0.25) is 4.99 Å². The van der Waals surface area contributed by atoms with Crippen LogP contribution in [-0.4, -0.2) is 47.8 Å². The van der Waals surface area contributed by atoms with Crippen molar-refractivity contribution in [1.29, 1.82) is 0 Å². The molecule has 0 aromatic heterocycles. The van der Waals surface area contributed by atoms with Crippen molar-refractivity contribution in [2.45, 2.75) is 25.1 Å². The van der Waals surface area contributed by atoms with Gasteiger partial charge in [0.05, 0.1) is 5.75 Å². The fraction of sp³-hybridized carbons (Fsp3) is 0.409. The summed E-state index contributed by atoms with van der Waals surface area (Å²) in [5.41, 5.74) is 2.39. The summed E-state index contributed by atoms with van der Waals surface area (Å²) in [6, 6.07) is 14.4. The molecule has 2 aromatic rings. The van der Waals surface area contributed by atoms with Gasteiger partial charge in [0.2, 0.25) is 0 Å². The highest BCUT2D eigenvalue weighted by Gasteiger charge is 2.11. The molecule has 172 valence electrons. The van der Waals surface area contributed by atoms with E-state index in [2.05, 4.69) is 39.7 Å². The van der Waals surface area contributed by atoms with Gasteiger partial charge in [0, 0.05) is 45.7 Å². The molecular formula is C22H32FIN4O2S. The zero-order valence-corrected chi connectivity index (χ0v) is 21.4. The first-order valence-electron chi connectivity index (χ1n) is 9.94. The first kappa shape index (κ1) is 27.2. The van der Waals surface area contributed by atoms with Gasteiger partial charge in [-0.15, -0.1) is 24.0 Å². The molecule has 0 bridgehead atoms. The Hall–Kier alpha value is -1.88. The SMILES string of the molecule is CN=C(NCCCCN(C)c1ccccc1)NCc1cc(F)ccc1CS(C)(=O)=O.I. The van der Waals surface area contributed by atoms with E-state index in [0.29, 0.717) is 23.6 Å². The summed E-state index contributed by atoms with van der Waals surface area (Å²) in [5.74, 6) is 0.0844. The predicted octanol–water partition coefficient (Wildman–Crippen LogP) is 3.57. The minimum absolute atomic E-state index is 0. The summed E-state index contributed by atoms with van der Waals surface area (Å²) in [7, 11) is 0.543. The van der Waals surface area contributed by atoms with Crippen molar-refractivity contribution >= 4 is 45.5 Å². The number of benzene rings is 2. The molecule has 2 rings (SSSR count). The number of halogens is 2. The van der Waals surface area contributed by atoms with E-state index in [1.807, 2.05) is 18.2 Å². The number of sulfone groups is 1. The molecule has 0 saturated carbocycles. The molecule has 2 N–H and O–H groups in total. The Morgan fingerprint density at radius 2 is 1.77 bits per heavy atom. The maximum atomic E-state index is 13.6. The lowest BCUT2D eigenvalue weighted by atomic mass is 10.1. The van der Waals surface area contributed by atoms with Gasteiger partial charge in [0.25, 0.3) is 0 Å². The molecule has 2 aromatic carbocycles. The average molecular weight is 562 g/mol. The molecule has 31 heavy (non-hydrogen) atoms. The van der Waals surface area contributed by atoms with Crippen molar-refractivity contribution in [3.63, 3.8) is 0 Å². The lowest BCUT2D eigenvalue weighted by molar-refractivity contribution is 0.599. The number of anilines is 1. The van der Waals surface area contributed by atoms with E-state index in [4.69, 9.17) is 0 Å². The van der Waals surface area contributed by atoms with Gasteiger partial charge < -0.3 is 15.5 Å². The Morgan fingerprint density at radius 3 is 2.42 bits per heavy atom.